The number of anilines is 2. The standard InChI is InChI=1S/C19H14FN5O/c20-16-7-2-1-5-14(16)12-23-18(26)17-8-9-22-19(25-17)24-15-6-3-4-13(10-15)11-21/h1-10H,12H2,(H,23,26)(H,22,24,25). The number of benzene rings is 2. The highest BCUT2D eigenvalue weighted by Gasteiger charge is 2.10. The summed E-state index contributed by atoms with van der Waals surface area (Å²) in [5.41, 5.74) is 1.67. The van der Waals surface area contributed by atoms with Crippen LogP contribution < -0.4 is 10.6 Å². The van der Waals surface area contributed by atoms with Crippen molar-refractivity contribution in [2.75, 3.05) is 5.32 Å². The van der Waals surface area contributed by atoms with Gasteiger partial charge in [-0.25, -0.2) is 14.4 Å². The molecule has 1 amide bonds. The molecule has 0 aliphatic rings. The Morgan fingerprint density at radius 3 is 2.81 bits per heavy atom. The number of hydrogen-bond acceptors (Lipinski definition) is 5. The van der Waals surface area contributed by atoms with Gasteiger partial charge in [-0.1, -0.05) is 24.3 Å². The second kappa shape index (κ2) is 7.85. The molecule has 128 valence electrons. The molecule has 0 saturated carbocycles. The minimum Gasteiger partial charge on any atom is -0.347 e. The van der Waals surface area contributed by atoms with Crippen LogP contribution in [-0.4, -0.2) is 15.9 Å². The first-order valence-electron chi connectivity index (χ1n) is 7.77. The first-order valence-corrected chi connectivity index (χ1v) is 7.77. The lowest BCUT2D eigenvalue weighted by Crippen LogP contribution is -2.24. The van der Waals surface area contributed by atoms with Gasteiger partial charge in [-0.3, -0.25) is 4.79 Å². The molecule has 1 aromatic heterocycles. The summed E-state index contributed by atoms with van der Waals surface area (Å²) >= 11 is 0. The highest BCUT2D eigenvalue weighted by atomic mass is 19.1. The maximum atomic E-state index is 13.6. The number of carbonyl (C=O) groups is 1. The van der Waals surface area contributed by atoms with Crippen molar-refractivity contribution in [1.82, 2.24) is 15.3 Å². The third-order valence-electron chi connectivity index (χ3n) is 3.53. The molecule has 6 nitrogen and oxygen atoms in total. The molecule has 0 bridgehead atoms. The quantitative estimate of drug-likeness (QED) is 0.740. The van der Waals surface area contributed by atoms with E-state index in [1.165, 1.54) is 18.3 Å². The van der Waals surface area contributed by atoms with E-state index in [-0.39, 0.29) is 24.0 Å². The first kappa shape index (κ1) is 17.0. The Hall–Kier alpha value is -3.79. The number of nitrogens with zero attached hydrogens (tertiary/aromatic N) is 3. The number of carbonyl (C=O) groups excluding carboxylic acids is 1. The summed E-state index contributed by atoms with van der Waals surface area (Å²) in [6.07, 6.45) is 1.45. The maximum absolute atomic E-state index is 13.6. The van der Waals surface area contributed by atoms with Gasteiger partial charge < -0.3 is 10.6 Å². The van der Waals surface area contributed by atoms with Crippen molar-refractivity contribution in [3.8, 4) is 6.07 Å². The topological polar surface area (TPSA) is 90.7 Å². The largest absolute Gasteiger partial charge is 0.347 e. The predicted molar refractivity (Wildman–Crippen MR) is 94.0 cm³/mol. The Kier molecular flexibility index (Phi) is 5.15. The van der Waals surface area contributed by atoms with Crippen LogP contribution in [0.3, 0.4) is 0 Å². The van der Waals surface area contributed by atoms with Gasteiger partial charge in [0.25, 0.3) is 5.91 Å². The van der Waals surface area contributed by atoms with Gasteiger partial charge in [0, 0.05) is 24.0 Å². The zero-order chi connectivity index (χ0) is 18.4. The zero-order valence-corrected chi connectivity index (χ0v) is 13.6. The molecule has 0 aliphatic carbocycles. The van der Waals surface area contributed by atoms with Gasteiger partial charge in [0.15, 0.2) is 0 Å². The van der Waals surface area contributed by atoms with Crippen molar-refractivity contribution in [1.29, 1.82) is 5.26 Å². The van der Waals surface area contributed by atoms with Gasteiger partial charge in [-0.2, -0.15) is 5.26 Å². The molecule has 0 saturated heterocycles. The van der Waals surface area contributed by atoms with Gasteiger partial charge >= 0.3 is 0 Å². The molecule has 0 unspecified atom stereocenters. The summed E-state index contributed by atoms with van der Waals surface area (Å²) in [6.45, 7) is 0.0580. The average Bonchev–Trinajstić information content (AvgIpc) is 2.67. The minimum atomic E-state index is -0.440. The number of nitrogens with one attached hydrogen (secondary N) is 2. The van der Waals surface area contributed by atoms with Crippen molar-refractivity contribution in [2.24, 2.45) is 0 Å². The maximum Gasteiger partial charge on any atom is 0.270 e. The van der Waals surface area contributed by atoms with E-state index in [0.717, 1.165) is 0 Å². The summed E-state index contributed by atoms with van der Waals surface area (Å²) in [7, 11) is 0. The van der Waals surface area contributed by atoms with Crippen molar-refractivity contribution in [3.05, 3.63) is 83.4 Å². The summed E-state index contributed by atoms with van der Waals surface area (Å²) < 4.78 is 13.6. The van der Waals surface area contributed by atoms with Crippen LogP contribution in [0.1, 0.15) is 21.6 Å². The molecule has 3 rings (SSSR count). The monoisotopic (exact) mass is 347 g/mol. The van der Waals surface area contributed by atoms with Gasteiger partial charge in [-0.05, 0) is 30.3 Å². The van der Waals surface area contributed by atoms with Crippen LogP contribution >= 0.6 is 0 Å². The van der Waals surface area contributed by atoms with Crippen LogP contribution in [0, 0.1) is 17.1 Å². The van der Waals surface area contributed by atoms with Crippen LogP contribution in [0.5, 0.6) is 0 Å². The van der Waals surface area contributed by atoms with Gasteiger partial charge in [0.1, 0.15) is 11.5 Å². The smallest absolute Gasteiger partial charge is 0.270 e. The highest BCUT2D eigenvalue weighted by Crippen LogP contribution is 2.14. The highest BCUT2D eigenvalue weighted by molar-refractivity contribution is 5.92. The number of halogens is 1. The lowest BCUT2D eigenvalue weighted by molar-refractivity contribution is 0.0945. The second-order valence-electron chi connectivity index (χ2n) is 5.36. The lowest BCUT2D eigenvalue weighted by Gasteiger charge is -2.08. The fourth-order valence-electron chi connectivity index (χ4n) is 2.25. The van der Waals surface area contributed by atoms with Crippen molar-refractivity contribution in [2.45, 2.75) is 6.54 Å². The Labute approximate surface area is 149 Å². The Balaban J connectivity index is 1.69. The molecule has 26 heavy (non-hydrogen) atoms. The van der Waals surface area contributed by atoms with E-state index in [9.17, 15) is 9.18 Å². The summed E-state index contributed by atoms with van der Waals surface area (Å²) in [5.74, 6) is -0.599. The van der Waals surface area contributed by atoms with Crippen molar-refractivity contribution >= 4 is 17.5 Å². The van der Waals surface area contributed by atoms with Crippen LogP contribution in [0.4, 0.5) is 16.0 Å². The predicted octanol–water partition coefficient (Wildman–Crippen LogP) is 3.16. The van der Waals surface area contributed by atoms with Crippen LogP contribution in [-0.2, 0) is 6.54 Å². The van der Waals surface area contributed by atoms with Gasteiger partial charge in [-0.15, -0.1) is 0 Å². The molecular weight excluding hydrogens is 333 g/mol. The van der Waals surface area contributed by atoms with E-state index < -0.39 is 5.91 Å². The van der Waals surface area contributed by atoms with E-state index in [4.69, 9.17) is 5.26 Å². The molecule has 1 heterocycles. The van der Waals surface area contributed by atoms with E-state index in [2.05, 4.69) is 20.6 Å². The summed E-state index contributed by atoms with van der Waals surface area (Å²) in [5, 5.41) is 14.5. The Bertz CT molecular complexity index is 983. The number of nitriles is 1. The molecule has 2 N–H and O–H groups in total. The van der Waals surface area contributed by atoms with Crippen molar-refractivity contribution in [3.63, 3.8) is 0 Å². The minimum absolute atomic E-state index is 0.0580. The van der Waals surface area contributed by atoms with Gasteiger partial charge in [0.05, 0.1) is 11.6 Å². The zero-order valence-electron chi connectivity index (χ0n) is 13.6. The Morgan fingerprint density at radius 2 is 2.00 bits per heavy atom. The average molecular weight is 347 g/mol. The number of amides is 1. The van der Waals surface area contributed by atoms with Crippen LogP contribution in [0.25, 0.3) is 0 Å². The van der Waals surface area contributed by atoms with E-state index in [1.54, 1.807) is 42.5 Å². The molecule has 2 aromatic carbocycles. The molecule has 0 atom stereocenters. The van der Waals surface area contributed by atoms with Crippen molar-refractivity contribution < 1.29 is 9.18 Å². The SMILES string of the molecule is N#Cc1cccc(Nc2nccc(C(=O)NCc3ccccc3F)n2)c1. The van der Waals surface area contributed by atoms with Crippen LogP contribution in [0.15, 0.2) is 60.8 Å². The van der Waals surface area contributed by atoms with E-state index >= 15 is 0 Å². The number of rotatable bonds is 5. The van der Waals surface area contributed by atoms with E-state index in [0.29, 0.717) is 16.8 Å². The fraction of sp³-hybridized carbons (Fsp3) is 0.0526. The third-order valence-corrected chi connectivity index (χ3v) is 3.53. The molecule has 0 spiro atoms. The Morgan fingerprint density at radius 1 is 1.15 bits per heavy atom. The van der Waals surface area contributed by atoms with Gasteiger partial charge in [0.2, 0.25) is 5.95 Å². The summed E-state index contributed by atoms with van der Waals surface area (Å²) in [6, 6.07) is 16.6. The molecule has 0 radical (unpaired) electrons. The second-order valence-corrected chi connectivity index (χ2v) is 5.36. The molecular formula is C19H14FN5O. The first-order chi connectivity index (χ1) is 12.7. The fourth-order valence-corrected chi connectivity index (χ4v) is 2.25. The normalized spacial score (nSPS) is 10.0. The molecule has 3 aromatic rings. The molecule has 7 heteroatoms. The third kappa shape index (κ3) is 4.19. The van der Waals surface area contributed by atoms with E-state index in [1.807, 2.05) is 6.07 Å². The number of hydrogen-bond donors (Lipinski definition) is 2. The summed E-state index contributed by atoms with van der Waals surface area (Å²) in [4.78, 5) is 20.4. The number of aromatic nitrogens is 2. The molecule has 0 aliphatic heterocycles. The lowest BCUT2D eigenvalue weighted by atomic mass is 10.2. The molecule has 0 fully saturated rings. The van der Waals surface area contributed by atoms with Crippen LogP contribution in [0.2, 0.25) is 0 Å².